The predicted octanol–water partition coefficient (Wildman–Crippen LogP) is 3.26. The number of benzene rings is 1. The van der Waals surface area contributed by atoms with Crippen molar-refractivity contribution in [2.24, 2.45) is 0 Å². The molecule has 3 heteroatoms. The van der Waals surface area contributed by atoms with Gasteiger partial charge in [0.15, 0.2) is 10.9 Å². The normalized spacial score (nSPS) is 9.88. The molecule has 1 aromatic rings. The molecule has 0 amide bonds. The van der Waals surface area contributed by atoms with Gasteiger partial charge >= 0.3 is 0 Å². The molecule has 1 aromatic carbocycles. The van der Waals surface area contributed by atoms with Crippen molar-refractivity contribution < 1.29 is 9.59 Å². The van der Waals surface area contributed by atoms with Gasteiger partial charge in [0.25, 0.3) is 0 Å². The van der Waals surface area contributed by atoms with E-state index < -0.39 is 0 Å². The fourth-order valence-electron chi connectivity index (χ4n) is 1.44. The highest BCUT2D eigenvalue weighted by Crippen LogP contribution is 2.23. The van der Waals surface area contributed by atoms with Crippen LogP contribution in [0.3, 0.4) is 0 Å². The predicted molar refractivity (Wildman–Crippen MR) is 66.9 cm³/mol. The van der Waals surface area contributed by atoms with E-state index in [1.54, 1.807) is 12.1 Å². The molecule has 0 radical (unpaired) electrons. The molecule has 0 spiro atoms. The molecule has 0 fully saturated rings. The largest absolute Gasteiger partial charge is 0.289 e. The maximum absolute atomic E-state index is 11.5. The Bertz CT molecular complexity index is 436. The second-order valence-corrected chi connectivity index (χ2v) is 4.58. The molecule has 0 aliphatic rings. The molecule has 2 nitrogen and oxygen atoms in total. The van der Waals surface area contributed by atoms with Crippen LogP contribution in [0, 0.1) is 0 Å². The Labute approximate surface area is 99.7 Å². The van der Waals surface area contributed by atoms with Gasteiger partial charge in [-0.15, -0.1) is 0 Å². The lowest BCUT2D eigenvalue weighted by Crippen LogP contribution is -2.00. The zero-order chi connectivity index (χ0) is 12.1. The zero-order valence-electron chi connectivity index (χ0n) is 9.45. The highest BCUT2D eigenvalue weighted by atomic mass is 32.2. The lowest BCUT2D eigenvalue weighted by molar-refractivity contribution is -0.109. The van der Waals surface area contributed by atoms with E-state index in [1.807, 2.05) is 13.0 Å². The van der Waals surface area contributed by atoms with Crippen molar-refractivity contribution in [2.75, 3.05) is 0 Å². The Hall–Kier alpha value is -1.35. The molecule has 0 unspecified atom stereocenters. The molecule has 0 heterocycles. The average Bonchev–Trinajstić information content (AvgIpc) is 2.27. The van der Waals surface area contributed by atoms with E-state index in [0.29, 0.717) is 5.56 Å². The summed E-state index contributed by atoms with van der Waals surface area (Å²) in [5.41, 5.74) is 1.63. The summed E-state index contributed by atoms with van der Waals surface area (Å²) in [6.45, 7) is 6.98. The highest BCUT2D eigenvalue weighted by molar-refractivity contribution is 8.13. The summed E-state index contributed by atoms with van der Waals surface area (Å²) >= 11 is 1.18. The van der Waals surface area contributed by atoms with Crippen LogP contribution in [0.1, 0.15) is 29.8 Å². The van der Waals surface area contributed by atoms with Gasteiger partial charge in [0.1, 0.15) is 0 Å². The average molecular weight is 234 g/mol. The number of hydrogen-bond acceptors (Lipinski definition) is 3. The van der Waals surface area contributed by atoms with Crippen molar-refractivity contribution in [3.8, 4) is 0 Å². The van der Waals surface area contributed by atoms with Gasteiger partial charge in [-0.25, -0.2) is 0 Å². The quantitative estimate of drug-likeness (QED) is 0.455. The molecule has 0 saturated heterocycles. The van der Waals surface area contributed by atoms with Crippen LogP contribution >= 0.6 is 11.8 Å². The van der Waals surface area contributed by atoms with E-state index in [9.17, 15) is 9.59 Å². The Morgan fingerprint density at radius 3 is 2.62 bits per heavy atom. The van der Waals surface area contributed by atoms with E-state index in [4.69, 9.17) is 0 Å². The molecule has 16 heavy (non-hydrogen) atoms. The first-order chi connectivity index (χ1) is 7.58. The van der Waals surface area contributed by atoms with Crippen molar-refractivity contribution in [1.82, 2.24) is 0 Å². The van der Waals surface area contributed by atoms with Crippen molar-refractivity contribution in [3.05, 3.63) is 42.0 Å². The van der Waals surface area contributed by atoms with Gasteiger partial charge in [0.05, 0.1) is 0 Å². The molecule has 0 saturated carbocycles. The molecular formula is C13H14O2S. The number of aryl methyl sites for hydroxylation is 1. The van der Waals surface area contributed by atoms with Crippen molar-refractivity contribution in [3.63, 3.8) is 0 Å². The van der Waals surface area contributed by atoms with E-state index >= 15 is 0 Å². The first-order valence-corrected chi connectivity index (χ1v) is 5.88. The fraction of sp³-hybridized carbons (Fsp3) is 0.231. The van der Waals surface area contributed by atoms with Crippen LogP contribution in [0.25, 0.3) is 0 Å². The Morgan fingerprint density at radius 1 is 1.44 bits per heavy atom. The lowest BCUT2D eigenvalue weighted by Gasteiger charge is -2.06. The number of ketones is 1. The monoisotopic (exact) mass is 234 g/mol. The summed E-state index contributed by atoms with van der Waals surface area (Å²) in [5, 5.41) is 0.0462. The number of rotatable bonds is 4. The topological polar surface area (TPSA) is 34.1 Å². The second kappa shape index (κ2) is 5.66. The summed E-state index contributed by atoms with van der Waals surface area (Å²) in [4.78, 5) is 23.4. The number of carbonyl (C=O) groups is 2. The van der Waals surface area contributed by atoms with Gasteiger partial charge < -0.3 is 0 Å². The van der Waals surface area contributed by atoms with Gasteiger partial charge in [-0.2, -0.15) is 0 Å². The minimum Gasteiger partial charge on any atom is -0.289 e. The summed E-state index contributed by atoms with van der Waals surface area (Å²) in [6, 6.07) is 5.44. The fourth-order valence-corrected chi connectivity index (χ4v) is 2.11. The van der Waals surface area contributed by atoms with Gasteiger partial charge in [0, 0.05) is 17.4 Å². The Morgan fingerprint density at radius 2 is 2.12 bits per heavy atom. The third kappa shape index (κ3) is 3.07. The summed E-state index contributed by atoms with van der Waals surface area (Å²) in [5.74, 6) is -0.0729. The number of hydrogen-bond donors (Lipinski definition) is 0. The number of allylic oxidation sites excluding steroid dienone is 1. The number of thioether (sulfide) groups is 1. The van der Waals surface area contributed by atoms with Crippen LogP contribution in [0.5, 0.6) is 0 Å². The lowest BCUT2D eigenvalue weighted by atomic mass is 10.0. The third-order valence-electron chi connectivity index (χ3n) is 2.17. The van der Waals surface area contributed by atoms with Gasteiger partial charge in [-0.05, 0) is 36.3 Å². The van der Waals surface area contributed by atoms with Crippen LogP contribution in [0.4, 0.5) is 0 Å². The zero-order valence-corrected chi connectivity index (χ0v) is 10.3. The van der Waals surface area contributed by atoms with Gasteiger partial charge in [-0.1, -0.05) is 25.3 Å². The van der Waals surface area contributed by atoms with Crippen LogP contribution in [-0.4, -0.2) is 10.9 Å². The van der Waals surface area contributed by atoms with E-state index in [-0.39, 0.29) is 10.9 Å². The molecular weight excluding hydrogens is 220 g/mol. The number of carbonyl (C=O) groups excluding carboxylic acids is 2. The molecule has 0 aromatic heterocycles. The maximum Gasteiger partial charge on any atom is 0.190 e. The Balaban J connectivity index is 3.11. The molecule has 0 aliphatic carbocycles. The van der Waals surface area contributed by atoms with E-state index in [1.165, 1.54) is 24.8 Å². The molecule has 84 valence electrons. The molecule has 0 bridgehead atoms. The van der Waals surface area contributed by atoms with Crippen molar-refractivity contribution in [2.45, 2.75) is 25.2 Å². The SMILES string of the molecule is C=CC(=O)c1ccc(SC(C)=O)cc1CC. The summed E-state index contributed by atoms with van der Waals surface area (Å²) in [6.07, 6.45) is 2.08. The first-order valence-electron chi connectivity index (χ1n) is 5.06. The molecule has 0 N–H and O–H groups in total. The van der Waals surface area contributed by atoms with Crippen molar-refractivity contribution >= 4 is 22.7 Å². The molecule has 0 atom stereocenters. The van der Waals surface area contributed by atoms with Crippen LogP contribution < -0.4 is 0 Å². The third-order valence-corrected chi connectivity index (χ3v) is 2.95. The Kier molecular flexibility index (Phi) is 4.50. The van der Waals surface area contributed by atoms with E-state index in [0.717, 1.165) is 16.9 Å². The maximum atomic E-state index is 11.5. The van der Waals surface area contributed by atoms with Gasteiger partial charge in [-0.3, -0.25) is 9.59 Å². The second-order valence-electron chi connectivity index (χ2n) is 3.33. The molecule has 1 rings (SSSR count). The van der Waals surface area contributed by atoms with E-state index in [2.05, 4.69) is 6.58 Å². The highest BCUT2D eigenvalue weighted by Gasteiger charge is 2.09. The smallest absolute Gasteiger partial charge is 0.190 e. The summed E-state index contributed by atoms with van der Waals surface area (Å²) < 4.78 is 0. The van der Waals surface area contributed by atoms with Crippen LogP contribution in [-0.2, 0) is 11.2 Å². The summed E-state index contributed by atoms with van der Waals surface area (Å²) in [7, 11) is 0. The first kappa shape index (κ1) is 12.7. The minimum absolute atomic E-state index is 0.0462. The minimum atomic E-state index is -0.0729. The standard InChI is InChI=1S/C13H14O2S/c1-4-10-8-11(16-9(3)14)6-7-12(10)13(15)5-2/h5-8H,2,4H2,1,3H3. The van der Waals surface area contributed by atoms with Gasteiger partial charge in [0.2, 0.25) is 0 Å². The van der Waals surface area contributed by atoms with Crippen molar-refractivity contribution in [1.29, 1.82) is 0 Å². The van der Waals surface area contributed by atoms with Crippen LogP contribution in [0.2, 0.25) is 0 Å². The molecule has 0 aliphatic heterocycles. The van der Waals surface area contributed by atoms with Crippen LogP contribution in [0.15, 0.2) is 35.7 Å².